The number of hydrogen-bond acceptors (Lipinski definition) is 8. The van der Waals surface area contributed by atoms with Crippen LogP contribution < -0.4 is 31.6 Å². The molecule has 0 saturated carbocycles. The summed E-state index contributed by atoms with van der Waals surface area (Å²) in [4.78, 5) is 46.9. The molecule has 6 unspecified atom stereocenters. The molecular weight excluding hydrogens is 590 g/mol. The maximum atomic E-state index is 13.9. The van der Waals surface area contributed by atoms with Gasteiger partial charge in [-0.15, -0.1) is 0 Å². The Morgan fingerprint density at radius 3 is 2.80 bits per heavy atom. The lowest BCUT2D eigenvalue weighted by Gasteiger charge is -2.56. The smallest absolute Gasteiger partial charge is 0.415 e. The number of nitrogens with zero attached hydrogens (tertiary/aromatic N) is 3. The molecule has 0 aromatic heterocycles. The van der Waals surface area contributed by atoms with Gasteiger partial charge < -0.3 is 46.1 Å². The number of rotatable bonds is 10. The van der Waals surface area contributed by atoms with E-state index in [2.05, 4.69) is 39.7 Å². The first-order valence-corrected chi connectivity index (χ1v) is 16.5. The van der Waals surface area contributed by atoms with Gasteiger partial charge in [0, 0.05) is 43.6 Å². The van der Waals surface area contributed by atoms with E-state index in [1.54, 1.807) is 12.0 Å². The highest BCUT2D eigenvalue weighted by molar-refractivity contribution is 5.86. The minimum Gasteiger partial charge on any atom is -0.493 e. The predicted molar refractivity (Wildman–Crippen MR) is 171 cm³/mol. The van der Waals surface area contributed by atoms with Gasteiger partial charge in [0.25, 0.3) is 0 Å². The van der Waals surface area contributed by atoms with Gasteiger partial charge in [0.05, 0.1) is 13.2 Å². The Morgan fingerprint density at radius 2 is 2.04 bits per heavy atom. The minimum atomic E-state index is -0.729. The van der Waals surface area contributed by atoms with Crippen LogP contribution in [0.25, 0.3) is 0 Å². The molecule has 3 amide bonds. The topological polar surface area (TPSA) is 174 Å². The van der Waals surface area contributed by atoms with Gasteiger partial charge in [-0.25, -0.2) is 4.79 Å². The Bertz CT molecular complexity index is 1430. The number of aliphatic imine (C=N–C) groups is 1. The number of piperidine rings is 2. The average molecular weight is 638 g/mol. The Kier molecular flexibility index (Phi) is 9.04. The number of nitrogens with two attached hydrogens (primary N) is 2. The number of carbonyl (C=O) groups excluding carboxylic acids is 3. The van der Waals surface area contributed by atoms with E-state index in [4.69, 9.17) is 25.7 Å². The van der Waals surface area contributed by atoms with Crippen molar-refractivity contribution in [2.24, 2.45) is 22.4 Å². The van der Waals surface area contributed by atoms with E-state index in [1.807, 2.05) is 6.07 Å². The summed E-state index contributed by atoms with van der Waals surface area (Å²) >= 11 is 0. The number of likely N-dealkylation sites (tertiary alicyclic amines) is 2. The van der Waals surface area contributed by atoms with E-state index in [0.717, 1.165) is 50.8 Å². The lowest BCUT2D eigenvalue weighted by atomic mass is 9.53. The zero-order chi connectivity index (χ0) is 32.6. The van der Waals surface area contributed by atoms with Crippen molar-refractivity contribution < 1.29 is 28.6 Å². The SMILES string of the molecule is COc1ccc2c3c1OC1C(OC(=O)N4CCCCC4CNC(=O)C(CCCN=C(N)N)NC(C)=O)=CCC4C(C2)N(C)CCC314. The first-order valence-electron chi connectivity index (χ1n) is 16.5. The lowest BCUT2D eigenvalue weighted by molar-refractivity contribution is -0.128. The van der Waals surface area contributed by atoms with Gasteiger partial charge in [-0.3, -0.25) is 14.6 Å². The molecule has 2 saturated heterocycles. The van der Waals surface area contributed by atoms with Crippen LogP contribution in [0.15, 0.2) is 29.0 Å². The van der Waals surface area contributed by atoms with E-state index >= 15 is 0 Å². The third-order valence-corrected chi connectivity index (χ3v) is 10.6. The fourth-order valence-corrected chi connectivity index (χ4v) is 8.54. The molecule has 1 aromatic rings. The molecule has 5 aliphatic rings. The molecule has 0 radical (unpaired) electrons. The third-order valence-electron chi connectivity index (χ3n) is 10.6. The van der Waals surface area contributed by atoms with Crippen molar-refractivity contribution in [1.29, 1.82) is 0 Å². The molecule has 6 rings (SSSR count). The number of nitrogens with one attached hydrogen (secondary N) is 2. The van der Waals surface area contributed by atoms with Crippen molar-refractivity contribution in [1.82, 2.24) is 20.4 Å². The van der Waals surface area contributed by atoms with Crippen LogP contribution in [-0.4, -0.2) is 98.2 Å². The molecule has 2 aliphatic carbocycles. The third kappa shape index (κ3) is 5.73. The molecule has 3 heterocycles. The molecule has 1 spiro atoms. The summed E-state index contributed by atoms with van der Waals surface area (Å²) in [6, 6.07) is 3.58. The van der Waals surface area contributed by atoms with Crippen molar-refractivity contribution in [3.63, 3.8) is 0 Å². The highest BCUT2D eigenvalue weighted by Gasteiger charge is 2.65. The van der Waals surface area contributed by atoms with Gasteiger partial charge >= 0.3 is 6.09 Å². The quantitative estimate of drug-likeness (QED) is 0.169. The Hall–Kier alpha value is -4.00. The molecule has 2 bridgehead atoms. The first kappa shape index (κ1) is 32.0. The molecule has 6 atom stereocenters. The standard InChI is InChI=1S/C33H47N7O6/c1-19(41)38-23(8-6-14-36-31(34)35)30(42)37-18-21-7-4-5-15-40(21)32(43)45-26-12-10-22-24-17-20-9-11-25(44-3)28-27(20)33(22,29(26)46-28)13-16-39(24)2/h9,11-12,21-24,29H,4-8,10,13-18H2,1-3H3,(H,37,42)(H,38,41)(H4,34,35,36). The normalized spacial score (nSPS) is 28.2. The lowest BCUT2D eigenvalue weighted by Crippen LogP contribution is -2.63. The van der Waals surface area contributed by atoms with Crippen LogP contribution in [0.3, 0.4) is 0 Å². The number of benzene rings is 1. The number of amides is 3. The van der Waals surface area contributed by atoms with E-state index in [1.165, 1.54) is 18.1 Å². The second-order valence-corrected chi connectivity index (χ2v) is 13.3. The minimum absolute atomic E-state index is 0.0175. The number of likely N-dealkylation sites (N-methyl/N-ethyl adjacent to an activating group) is 1. The van der Waals surface area contributed by atoms with Gasteiger partial charge in [0.15, 0.2) is 23.6 Å². The summed E-state index contributed by atoms with van der Waals surface area (Å²) in [6.07, 6.45) is 7.33. The fourth-order valence-electron chi connectivity index (χ4n) is 8.54. The largest absolute Gasteiger partial charge is 0.493 e. The van der Waals surface area contributed by atoms with Gasteiger partial charge in [0.2, 0.25) is 11.8 Å². The number of hydrogen-bond donors (Lipinski definition) is 4. The molecule has 2 fully saturated rings. The fraction of sp³-hybridized carbons (Fsp3) is 0.636. The van der Waals surface area contributed by atoms with E-state index < -0.39 is 18.2 Å². The van der Waals surface area contributed by atoms with Crippen molar-refractivity contribution in [2.45, 2.75) is 87.9 Å². The molecule has 6 N–H and O–H groups in total. The molecule has 250 valence electrons. The average Bonchev–Trinajstić information content (AvgIpc) is 3.39. The number of allylic oxidation sites excluding steroid dienone is 1. The van der Waals surface area contributed by atoms with Gasteiger partial charge in [-0.1, -0.05) is 6.07 Å². The van der Waals surface area contributed by atoms with Crippen LogP contribution in [0.2, 0.25) is 0 Å². The summed E-state index contributed by atoms with van der Waals surface area (Å²) in [5.74, 6) is 1.79. The van der Waals surface area contributed by atoms with Crippen molar-refractivity contribution in [3.05, 3.63) is 35.1 Å². The number of methoxy groups -OCH3 is 1. The number of guanidine groups is 1. The van der Waals surface area contributed by atoms with Gasteiger partial charge in [-0.2, -0.15) is 0 Å². The summed E-state index contributed by atoms with van der Waals surface area (Å²) in [5.41, 5.74) is 13.0. The Labute approximate surface area is 270 Å². The van der Waals surface area contributed by atoms with E-state index in [9.17, 15) is 14.4 Å². The van der Waals surface area contributed by atoms with Crippen LogP contribution in [0, 0.1) is 5.92 Å². The zero-order valence-corrected chi connectivity index (χ0v) is 27.0. The van der Waals surface area contributed by atoms with Gasteiger partial charge in [0.1, 0.15) is 11.8 Å². The second-order valence-electron chi connectivity index (χ2n) is 13.3. The highest BCUT2D eigenvalue weighted by Crippen LogP contribution is 2.63. The summed E-state index contributed by atoms with van der Waals surface area (Å²) in [5, 5.41) is 5.67. The van der Waals surface area contributed by atoms with Crippen LogP contribution in [0.4, 0.5) is 4.79 Å². The maximum absolute atomic E-state index is 13.9. The monoisotopic (exact) mass is 637 g/mol. The predicted octanol–water partition coefficient (Wildman–Crippen LogP) is 1.52. The summed E-state index contributed by atoms with van der Waals surface area (Å²) < 4.78 is 18.7. The van der Waals surface area contributed by atoms with Crippen molar-refractivity contribution in [3.8, 4) is 11.5 Å². The maximum Gasteiger partial charge on any atom is 0.415 e. The van der Waals surface area contributed by atoms with Crippen LogP contribution >= 0.6 is 0 Å². The zero-order valence-electron chi connectivity index (χ0n) is 27.0. The molecular formula is C33H47N7O6. The van der Waals surface area contributed by atoms with Crippen molar-refractivity contribution in [2.75, 3.05) is 40.3 Å². The molecule has 1 aromatic carbocycles. The molecule has 13 heteroatoms. The molecule has 46 heavy (non-hydrogen) atoms. The van der Waals surface area contributed by atoms with Crippen LogP contribution in [0.5, 0.6) is 11.5 Å². The Morgan fingerprint density at radius 1 is 1.22 bits per heavy atom. The van der Waals surface area contributed by atoms with E-state index in [0.29, 0.717) is 49.4 Å². The van der Waals surface area contributed by atoms with Crippen LogP contribution in [-0.2, 0) is 26.2 Å². The number of carbonyl (C=O) groups is 3. The Balaban J connectivity index is 1.15. The molecule has 3 aliphatic heterocycles. The van der Waals surface area contributed by atoms with Crippen molar-refractivity contribution >= 4 is 23.9 Å². The number of ether oxygens (including phenoxy) is 3. The second kappa shape index (κ2) is 13.0. The summed E-state index contributed by atoms with van der Waals surface area (Å²) in [7, 11) is 3.87. The molecule has 13 nitrogen and oxygen atoms in total. The van der Waals surface area contributed by atoms with Crippen LogP contribution in [0.1, 0.15) is 63.0 Å². The summed E-state index contributed by atoms with van der Waals surface area (Å²) in [6.45, 7) is 3.46. The van der Waals surface area contributed by atoms with E-state index in [-0.39, 0.29) is 35.8 Å². The highest BCUT2D eigenvalue weighted by atomic mass is 16.6. The first-order chi connectivity index (χ1) is 22.1. The van der Waals surface area contributed by atoms with Gasteiger partial charge in [-0.05, 0) is 88.6 Å².